The molecule has 2 rings (SSSR count). The molecular weight excluding hydrogens is 213 g/mol. The Morgan fingerprint density at radius 1 is 1.33 bits per heavy atom. The van der Waals surface area contributed by atoms with Gasteiger partial charge in [0.1, 0.15) is 5.82 Å². The van der Waals surface area contributed by atoms with Crippen LogP contribution in [0, 0.1) is 5.82 Å². The first kappa shape index (κ1) is 9.86. The van der Waals surface area contributed by atoms with Crippen molar-refractivity contribution in [2.45, 2.75) is 0 Å². The second-order valence-electron chi connectivity index (χ2n) is 2.98. The third-order valence-corrected chi connectivity index (χ3v) is 2.55. The van der Waals surface area contributed by atoms with Crippen molar-refractivity contribution in [3.8, 4) is 0 Å². The molecule has 2 aromatic rings. The molecule has 0 fully saturated rings. The highest BCUT2D eigenvalue weighted by molar-refractivity contribution is 7.08. The molecule has 1 heterocycles. The van der Waals surface area contributed by atoms with Gasteiger partial charge in [-0.05, 0) is 29.6 Å². The van der Waals surface area contributed by atoms with Crippen molar-refractivity contribution in [3.05, 3.63) is 52.5 Å². The van der Waals surface area contributed by atoms with E-state index in [1.54, 1.807) is 12.1 Å². The van der Waals surface area contributed by atoms with E-state index in [4.69, 9.17) is 0 Å². The van der Waals surface area contributed by atoms with Gasteiger partial charge in [0.05, 0.1) is 5.69 Å². The molecule has 0 saturated heterocycles. The van der Waals surface area contributed by atoms with Crippen LogP contribution in [0.4, 0.5) is 10.1 Å². The van der Waals surface area contributed by atoms with Crippen LogP contribution in [0.15, 0.2) is 41.1 Å². The van der Waals surface area contributed by atoms with E-state index in [1.165, 1.54) is 29.5 Å². The number of halogens is 1. The zero-order valence-corrected chi connectivity index (χ0v) is 8.55. The minimum absolute atomic E-state index is 0.298. The van der Waals surface area contributed by atoms with Crippen LogP contribution in [0.1, 0.15) is 10.4 Å². The Balaban J connectivity index is 2.15. The zero-order valence-electron chi connectivity index (χ0n) is 7.74. The Labute approximate surface area is 90.4 Å². The molecule has 0 saturated carbocycles. The third kappa shape index (κ3) is 2.41. The largest absolute Gasteiger partial charge is 0.321 e. The lowest BCUT2D eigenvalue weighted by Crippen LogP contribution is -2.11. The van der Waals surface area contributed by atoms with Gasteiger partial charge >= 0.3 is 0 Å². The topological polar surface area (TPSA) is 29.1 Å². The molecule has 15 heavy (non-hydrogen) atoms. The maximum atomic E-state index is 12.8. The Bertz CT molecular complexity index is 467. The first-order valence-electron chi connectivity index (χ1n) is 4.35. The number of anilines is 1. The summed E-state index contributed by atoms with van der Waals surface area (Å²) in [7, 11) is 0. The number of nitrogens with one attached hydrogen (secondary N) is 1. The van der Waals surface area contributed by atoms with Gasteiger partial charge in [0.15, 0.2) is 0 Å². The van der Waals surface area contributed by atoms with Crippen LogP contribution in [0.2, 0.25) is 0 Å². The van der Waals surface area contributed by atoms with Crippen molar-refractivity contribution in [3.63, 3.8) is 0 Å². The lowest BCUT2D eigenvalue weighted by Gasteiger charge is -2.02. The Morgan fingerprint density at radius 2 is 2.20 bits per heavy atom. The molecule has 0 spiro atoms. The van der Waals surface area contributed by atoms with Crippen molar-refractivity contribution < 1.29 is 9.18 Å². The SMILES string of the molecule is O=C(Nc1ccsc1)c1cccc(F)c1. The average molecular weight is 221 g/mol. The van der Waals surface area contributed by atoms with E-state index >= 15 is 0 Å². The van der Waals surface area contributed by atoms with Gasteiger partial charge in [-0.1, -0.05) is 6.07 Å². The summed E-state index contributed by atoms with van der Waals surface area (Å²) < 4.78 is 12.8. The molecule has 0 unspecified atom stereocenters. The fourth-order valence-electron chi connectivity index (χ4n) is 1.17. The summed E-state index contributed by atoms with van der Waals surface area (Å²) in [5, 5.41) is 6.35. The number of thiophene rings is 1. The molecule has 2 nitrogen and oxygen atoms in total. The smallest absolute Gasteiger partial charge is 0.255 e. The summed E-state index contributed by atoms with van der Waals surface area (Å²) >= 11 is 1.49. The number of hydrogen-bond acceptors (Lipinski definition) is 2. The summed E-state index contributed by atoms with van der Waals surface area (Å²) in [6.07, 6.45) is 0. The Hall–Kier alpha value is -1.68. The first-order valence-corrected chi connectivity index (χ1v) is 5.29. The number of hydrogen-bond donors (Lipinski definition) is 1. The average Bonchev–Trinajstić information content (AvgIpc) is 2.70. The number of rotatable bonds is 2. The van der Waals surface area contributed by atoms with Gasteiger partial charge in [0, 0.05) is 10.9 Å². The lowest BCUT2D eigenvalue weighted by molar-refractivity contribution is 0.102. The first-order chi connectivity index (χ1) is 7.25. The van der Waals surface area contributed by atoms with Gasteiger partial charge in [-0.3, -0.25) is 4.79 Å². The van der Waals surface area contributed by atoms with E-state index in [0.29, 0.717) is 5.56 Å². The molecule has 0 aliphatic carbocycles. The molecule has 0 aliphatic rings. The van der Waals surface area contributed by atoms with Gasteiger partial charge in [-0.25, -0.2) is 4.39 Å². The van der Waals surface area contributed by atoms with E-state index in [0.717, 1.165) is 5.69 Å². The van der Waals surface area contributed by atoms with Crippen LogP contribution in [0.25, 0.3) is 0 Å². The van der Waals surface area contributed by atoms with Crippen molar-refractivity contribution in [1.29, 1.82) is 0 Å². The predicted octanol–water partition coefficient (Wildman–Crippen LogP) is 3.14. The predicted molar refractivity (Wildman–Crippen MR) is 58.7 cm³/mol. The van der Waals surface area contributed by atoms with Crippen molar-refractivity contribution >= 4 is 22.9 Å². The summed E-state index contributed by atoms with van der Waals surface area (Å²) in [5.74, 6) is -0.708. The molecule has 0 bridgehead atoms. The van der Waals surface area contributed by atoms with Crippen LogP contribution in [-0.2, 0) is 0 Å². The van der Waals surface area contributed by atoms with Gasteiger partial charge < -0.3 is 5.32 Å². The van der Waals surface area contributed by atoms with Crippen LogP contribution < -0.4 is 5.32 Å². The molecule has 0 radical (unpaired) electrons. The number of benzene rings is 1. The zero-order chi connectivity index (χ0) is 10.7. The molecule has 1 aromatic carbocycles. The van der Waals surface area contributed by atoms with Gasteiger partial charge in [0.2, 0.25) is 0 Å². The molecule has 1 aromatic heterocycles. The Kier molecular flexibility index (Phi) is 2.78. The highest BCUT2D eigenvalue weighted by Crippen LogP contribution is 2.13. The minimum atomic E-state index is -0.409. The molecule has 1 amide bonds. The summed E-state index contributed by atoms with van der Waals surface area (Å²) in [5.41, 5.74) is 1.05. The van der Waals surface area contributed by atoms with E-state index in [-0.39, 0.29) is 5.91 Å². The highest BCUT2D eigenvalue weighted by Gasteiger charge is 2.06. The van der Waals surface area contributed by atoms with Crippen molar-refractivity contribution in [2.75, 3.05) is 5.32 Å². The van der Waals surface area contributed by atoms with Crippen molar-refractivity contribution in [1.82, 2.24) is 0 Å². The monoisotopic (exact) mass is 221 g/mol. The standard InChI is InChI=1S/C11H8FNOS/c12-9-3-1-2-8(6-9)11(14)13-10-4-5-15-7-10/h1-7H,(H,13,14). The summed E-state index contributed by atoms with van der Waals surface area (Å²) in [4.78, 5) is 11.6. The second-order valence-corrected chi connectivity index (χ2v) is 3.76. The van der Waals surface area contributed by atoms with E-state index < -0.39 is 5.82 Å². The minimum Gasteiger partial charge on any atom is -0.321 e. The summed E-state index contributed by atoms with van der Waals surface area (Å²) in [6, 6.07) is 7.40. The van der Waals surface area contributed by atoms with Crippen LogP contribution >= 0.6 is 11.3 Å². The Morgan fingerprint density at radius 3 is 2.87 bits per heavy atom. The number of carbonyl (C=O) groups excluding carboxylic acids is 1. The third-order valence-electron chi connectivity index (χ3n) is 1.87. The fraction of sp³-hybridized carbons (Fsp3) is 0. The fourth-order valence-corrected chi connectivity index (χ4v) is 1.76. The van der Waals surface area contributed by atoms with Gasteiger partial charge in [0.25, 0.3) is 5.91 Å². The van der Waals surface area contributed by atoms with Crippen molar-refractivity contribution in [2.24, 2.45) is 0 Å². The molecule has 0 aliphatic heterocycles. The lowest BCUT2D eigenvalue weighted by atomic mass is 10.2. The molecule has 1 N–H and O–H groups in total. The molecule has 76 valence electrons. The summed E-state index contributed by atoms with van der Waals surface area (Å²) in [6.45, 7) is 0. The molecule has 0 atom stereocenters. The van der Waals surface area contributed by atoms with E-state index in [9.17, 15) is 9.18 Å². The second kappa shape index (κ2) is 4.23. The maximum Gasteiger partial charge on any atom is 0.255 e. The maximum absolute atomic E-state index is 12.8. The highest BCUT2D eigenvalue weighted by atomic mass is 32.1. The van der Waals surface area contributed by atoms with Crippen LogP contribution in [-0.4, -0.2) is 5.91 Å². The van der Waals surface area contributed by atoms with E-state index in [1.807, 2.05) is 10.8 Å². The van der Waals surface area contributed by atoms with Crippen LogP contribution in [0.3, 0.4) is 0 Å². The number of carbonyl (C=O) groups is 1. The molecular formula is C11H8FNOS. The quantitative estimate of drug-likeness (QED) is 0.829. The van der Waals surface area contributed by atoms with Crippen LogP contribution in [0.5, 0.6) is 0 Å². The molecule has 4 heteroatoms. The van der Waals surface area contributed by atoms with E-state index in [2.05, 4.69) is 5.32 Å². The number of amides is 1. The normalized spacial score (nSPS) is 9.93. The van der Waals surface area contributed by atoms with Gasteiger partial charge in [-0.15, -0.1) is 0 Å². The van der Waals surface area contributed by atoms with Gasteiger partial charge in [-0.2, -0.15) is 11.3 Å².